The highest BCUT2D eigenvalue weighted by Gasteiger charge is 2.26. The molecule has 4 rings (SSSR count). The SMILES string of the molecule is CC(C)C(=O)N1CCc2cc(CNS(=O)(=O)c3ccc4c(c3)oc(=O)n4C)ccc21. The normalized spacial score (nSPS) is 13.9. The highest BCUT2D eigenvalue weighted by molar-refractivity contribution is 7.89. The summed E-state index contributed by atoms with van der Waals surface area (Å²) < 4.78 is 34.4. The number of hydrogen-bond acceptors (Lipinski definition) is 5. The molecule has 0 unspecified atom stereocenters. The van der Waals surface area contributed by atoms with Crippen LogP contribution in [0.15, 0.2) is 50.5 Å². The lowest BCUT2D eigenvalue weighted by atomic mass is 10.1. The summed E-state index contributed by atoms with van der Waals surface area (Å²) in [4.78, 5) is 25.8. The Hall–Kier alpha value is -2.91. The molecule has 1 aromatic heterocycles. The molecule has 8 nitrogen and oxygen atoms in total. The Morgan fingerprint density at radius 3 is 2.70 bits per heavy atom. The van der Waals surface area contributed by atoms with Crippen LogP contribution in [-0.4, -0.2) is 25.4 Å². The van der Waals surface area contributed by atoms with Gasteiger partial charge in [-0.1, -0.05) is 26.0 Å². The Balaban J connectivity index is 1.52. The highest BCUT2D eigenvalue weighted by Crippen LogP contribution is 2.30. The van der Waals surface area contributed by atoms with Crippen LogP contribution in [-0.2, 0) is 34.8 Å². The number of fused-ring (bicyclic) bond motifs is 2. The minimum Gasteiger partial charge on any atom is -0.408 e. The summed E-state index contributed by atoms with van der Waals surface area (Å²) in [6.07, 6.45) is 0.748. The molecule has 0 fully saturated rings. The lowest BCUT2D eigenvalue weighted by Crippen LogP contribution is -2.32. The van der Waals surface area contributed by atoms with Gasteiger partial charge in [0.2, 0.25) is 15.9 Å². The first-order valence-corrected chi connectivity index (χ1v) is 11.2. The summed E-state index contributed by atoms with van der Waals surface area (Å²) in [5, 5.41) is 0. The summed E-state index contributed by atoms with van der Waals surface area (Å²) in [6.45, 7) is 4.51. The lowest BCUT2D eigenvalue weighted by molar-refractivity contribution is -0.121. The van der Waals surface area contributed by atoms with E-state index in [-0.39, 0.29) is 28.8 Å². The van der Waals surface area contributed by atoms with Gasteiger partial charge in [0.1, 0.15) is 0 Å². The molecule has 0 spiro atoms. The van der Waals surface area contributed by atoms with Gasteiger partial charge < -0.3 is 9.32 Å². The molecule has 0 bridgehead atoms. The number of amides is 1. The summed E-state index contributed by atoms with van der Waals surface area (Å²) in [5.41, 5.74) is 3.48. The van der Waals surface area contributed by atoms with Gasteiger partial charge in [0.05, 0.1) is 10.4 Å². The number of anilines is 1. The van der Waals surface area contributed by atoms with E-state index in [2.05, 4.69) is 4.72 Å². The van der Waals surface area contributed by atoms with Crippen molar-refractivity contribution in [1.29, 1.82) is 0 Å². The quantitative estimate of drug-likeness (QED) is 0.670. The van der Waals surface area contributed by atoms with Crippen molar-refractivity contribution < 1.29 is 17.6 Å². The third kappa shape index (κ3) is 3.54. The Labute approximate surface area is 174 Å². The smallest absolute Gasteiger partial charge is 0.408 e. The molecule has 30 heavy (non-hydrogen) atoms. The first-order valence-electron chi connectivity index (χ1n) is 9.70. The van der Waals surface area contributed by atoms with Crippen LogP contribution in [0, 0.1) is 5.92 Å². The zero-order valence-electron chi connectivity index (χ0n) is 17.0. The Morgan fingerprint density at radius 1 is 1.20 bits per heavy atom. The molecule has 0 saturated heterocycles. The predicted molar refractivity (Wildman–Crippen MR) is 113 cm³/mol. The van der Waals surface area contributed by atoms with E-state index in [4.69, 9.17) is 4.42 Å². The molecule has 158 valence electrons. The number of benzene rings is 2. The molecule has 1 aliphatic rings. The maximum absolute atomic E-state index is 12.7. The third-order valence-corrected chi connectivity index (χ3v) is 6.74. The second-order valence-corrected chi connectivity index (χ2v) is 9.51. The number of nitrogens with zero attached hydrogens (tertiary/aromatic N) is 2. The zero-order valence-corrected chi connectivity index (χ0v) is 17.8. The van der Waals surface area contributed by atoms with Gasteiger partial charge in [-0.15, -0.1) is 0 Å². The summed E-state index contributed by atoms with van der Waals surface area (Å²) in [6, 6.07) is 9.97. The fourth-order valence-electron chi connectivity index (χ4n) is 3.65. The molecule has 0 atom stereocenters. The van der Waals surface area contributed by atoms with Crippen molar-refractivity contribution in [2.75, 3.05) is 11.4 Å². The molecule has 0 aliphatic carbocycles. The number of oxazole rings is 1. The van der Waals surface area contributed by atoms with Gasteiger partial charge in [0.15, 0.2) is 5.58 Å². The minimum atomic E-state index is -3.79. The van der Waals surface area contributed by atoms with Crippen molar-refractivity contribution in [2.24, 2.45) is 13.0 Å². The molecule has 0 radical (unpaired) electrons. The maximum Gasteiger partial charge on any atom is 0.419 e. The summed E-state index contributed by atoms with van der Waals surface area (Å²) in [5.74, 6) is -0.533. The first kappa shape index (κ1) is 20.4. The minimum absolute atomic E-state index is 0.0271. The van der Waals surface area contributed by atoms with Gasteiger partial charge in [0, 0.05) is 37.8 Å². The number of aryl methyl sites for hydroxylation is 1. The number of rotatable bonds is 5. The van der Waals surface area contributed by atoms with E-state index < -0.39 is 15.8 Å². The average molecular weight is 429 g/mol. The molecule has 9 heteroatoms. The van der Waals surface area contributed by atoms with Crippen LogP contribution in [0.1, 0.15) is 25.0 Å². The predicted octanol–water partition coefficient (Wildman–Crippen LogP) is 2.16. The van der Waals surface area contributed by atoms with Crippen LogP contribution < -0.4 is 15.4 Å². The van der Waals surface area contributed by atoms with E-state index in [1.807, 2.05) is 32.0 Å². The Morgan fingerprint density at radius 2 is 1.97 bits per heavy atom. The number of carbonyl (C=O) groups excluding carboxylic acids is 1. The van der Waals surface area contributed by atoms with Crippen molar-refractivity contribution in [1.82, 2.24) is 9.29 Å². The molecule has 1 N–H and O–H groups in total. The zero-order chi connectivity index (χ0) is 21.6. The second-order valence-electron chi connectivity index (χ2n) is 7.74. The van der Waals surface area contributed by atoms with E-state index in [0.717, 1.165) is 23.2 Å². The van der Waals surface area contributed by atoms with Gasteiger partial charge in [-0.25, -0.2) is 17.9 Å². The molecule has 2 heterocycles. The number of sulfonamides is 1. The van der Waals surface area contributed by atoms with Crippen LogP contribution in [0.4, 0.5) is 5.69 Å². The Kier molecular flexibility index (Phi) is 5.03. The lowest BCUT2D eigenvalue weighted by Gasteiger charge is -2.19. The first-order chi connectivity index (χ1) is 14.2. The summed E-state index contributed by atoms with van der Waals surface area (Å²) >= 11 is 0. The van der Waals surface area contributed by atoms with Crippen LogP contribution in [0.2, 0.25) is 0 Å². The van der Waals surface area contributed by atoms with Gasteiger partial charge in [-0.2, -0.15) is 0 Å². The standard InChI is InChI=1S/C21H23N3O5S/c1-13(2)20(25)24-9-8-15-10-14(4-6-17(15)24)12-22-30(27,28)16-5-7-18-19(11-16)29-21(26)23(18)3/h4-7,10-11,13,22H,8-9,12H2,1-3H3. The van der Waals surface area contributed by atoms with Crippen molar-refractivity contribution in [3.05, 3.63) is 58.1 Å². The largest absolute Gasteiger partial charge is 0.419 e. The molecular weight excluding hydrogens is 406 g/mol. The molecule has 1 amide bonds. The van der Waals surface area contributed by atoms with E-state index in [9.17, 15) is 18.0 Å². The average Bonchev–Trinajstić information content (AvgIpc) is 3.26. The number of aromatic nitrogens is 1. The van der Waals surface area contributed by atoms with Gasteiger partial charge in [-0.3, -0.25) is 9.36 Å². The van der Waals surface area contributed by atoms with Crippen LogP contribution in [0.3, 0.4) is 0 Å². The molecule has 3 aromatic rings. The number of carbonyl (C=O) groups is 1. The number of nitrogens with one attached hydrogen (secondary N) is 1. The molecule has 0 saturated carbocycles. The molecular formula is C21H23N3O5S. The van der Waals surface area contributed by atoms with Crippen LogP contribution >= 0.6 is 0 Å². The molecule has 2 aromatic carbocycles. The summed E-state index contributed by atoms with van der Waals surface area (Å²) in [7, 11) is -2.23. The Bertz CT molecular complexity index is 1300. The van der Waals surface area contributed by atoms with E-state index in [0.29, 0.717) is 12.1 Å². The highest BCUT2D eigenvalue weighted by atomic mass is 32.2. The van der Waals surface area contributed by atoms with E-state index in [1.165, 1.54) is 16.7 Å². The third-order valence-electron chi connectivity index (χ3n) is 5.34. The van der Waals surface area contributed by atoms with Crippen molar-refractivity contribution >= 4 is 32.7 Å². The van der Waals surface area contributed by atoms with Crippen LogP contribution in [0.5, 0.6) is 0 Å². The second kappa shape index (κ2) is 7.41. The van der Waals surface area contributed by atoms with Gasteiger partial charge >= 0.3 is 5.76 Å². The topological polar surface area (TPSA) is 102 Å². The fourth-order valence-corrected chi connectivity index (χ4v) is 4.68. The molecule has 1 aliphatic heterocycles. The fraction of sp³-hybridized carbons (Fsp3) is 0.333. The number of hydrogen-bond donors (Lipinski definition) is 1. The monoisotopic (exact) mass is 429 g/mol. The maximum atomic E-state index is 12.7. The van der Waals surface area contributed by atoms with Crippen molar-refractivity contribution in [3.63, 3.8) is 0 Å². The van der Waals surface area contributed by atoms with Crippen molar-refractivity contribution in [2.45, 2.75) is 31.7 Å². The van der Waals surface area contributed by atoms with Gasteiger partial charge in [0.25, 0.3) is 0 Å². The van der Waals surface area contributed by atoms with E-state index in [1.54, 1.807) is 18.0 Å². The van der Waals surface area contributed by atoms with Gasteiger partial charge in [-0.05, 0) is 35.7 Å². The van der Waals surface area contributed by atoms with E-state index >= 15 is 0 Å². The van der Waals surface area contributed by atoms with Crippen LogP contribution in [0.25, 0.3) is 11.1 Å². The van der Waals surface area contributed by atoms with Crippen molar-refractivity contribution in [3.8, 4) is 0 Å².